The second-order valence-electron chi connectivity index (χ2n) is 8.95. The minimum Gasteiger partial charge on any atom is -0.387 e. The van der Waals surface area contributed by atoms with Crippen LogP contribution in [0.1, 0.15) is 52.2 Å². The Morgan fingerprint density at radius 3 is 1.93 bits per heavy atom. The molecule has 0 fully saturated rings. The smallest absolute Gasteiger partial charge is 0.0917 e. The summed E-state index contributed by atoms with van der Waals surface area (Å²) in [5, 5.41) is 16.0. The second kappa shape index (κ2) is 11.0. The highest BCUT2D eigenvalue weighted by Crippen LogP contribution is 2.28. The van der Waals surface area contributed by atoms with E-state index >= 15 is 0 Å². The quantitative estimate of drug-likeness (QED) is 0.388. The molecule has 0 aliphatic rings. The van der Waals surface area contributed by atoms with Crippen LogP contribution in [0.25, 0.3) is 21.5 Å². The van der Waals surface area contributed by atoms with Gasteiger partial charge < -0.3 is 10.0 Å². The lowest BCUT2D eigenvalue weighted by atomic mass is 9.98. The fourth-order valence-corrected chi connectivity index (χ4v) is 3.75. The summed E-state index contributed by atoms with van der Waals surface area (Å²) in [6.45, 7) is 11.9. The summed E-state index contributed by atoms with van der Waals surface area (Å²) < 4.78 is 0. The van der Waals surface area contributed by atoms with Crippen molar-refractivity contribution in [2.24, 2.45) is 11.8 Å². The molecule has 3 heteroatoms. The first-order valence-electron chi connectivity index (χ1n) is 10.8. The van der Waals surface area contributed by atoms with Gasteiger partial charge in [-0.1, -0.05) is 76.2 Å². The van der Waals surface area contributed by atoms with E-state index in [1.54, 1.807) is 0 Å². The van der Waals surface area contributed by atoms with Gasteiger partial charge >= 0.3 is 0 Å². The van der Waals surface area contributed by atoms with Crippen LogP contribution in [0.3, 0.4) is 0 Å². The molecule has 0 bridgehead atoms. The highest BCUT2D eigenvalue weighted by molar-refractivity contribution is 6.07. The Morgan fingerprint density at radius 1 is 0.759 bits per heavy atom. The van der Waals surface area contributed by atoms with Crippen LogP contribution in [0.4, 0.5) is 0 Å². The largest absolute Gasteiger partial charge is 0.387 e. The van der Waals surface area contributed by atoms with Crippen molar-refractivity contribution in [2.45, 2.75) is 46.6 Å². The van der Waals surface area contributed by atoms with Crippen molar-refractivity contribution in [3.63, 3.8) is 0 Å². The van der Waals surface area contributed by atoms with Gasteiger partial charge in [0, 0.05) is 6.54 Å². The molecule has 0 saturated carbocycles. The van der Waals surface area contributed by atoms with Crippen molar-refractivity contribution < 1.29 is 5.11 Å². The van der Waals surface area contributed by atoms with Crippen LogP contribution in [0.15, 0.2) is 54.6 Å². The van der Waals surface area contributed by atoms with E-state index < -0.39 is 6.10 Å². The number of fused-ring (bicyclic) bond motifs is 3. The standard InChI is InChI=1S/C26H35NO.ClH/c1-19(2)13-15-27(16-14-20(3)4)18-26(28)23-12-11-22-10-9-21-7-5-6-8-24(21)25(22)17-23;/h5-12,17,19-20,26,28H,13-16,18H2,1-4H3;1H. The summed E-state index contributed by atoms with van der Waals surface area (Å²) in [5.41, 5.74) is 1.02. The van der Waals surface area contributed by atoms with Crippen LogP contribution in [-0.2, 0) is 0 Å². The molecule has 3 rings (SSSR count). The summed E-state index contributed by atoms with van der Waals surface area (Å²) in [7, 11) is 0. The lowest BCUT2D eigenvalue weighted by Gasteiger charge is -2.27. The molecule has 1 N–H and O–H groups in total. The topological polar surface area (TPSA) is 23.5 Å². The van der Waals surface area contributed by atoms with Crippen molar-refractivity contribution in [1.29, 1.82) is 0 Å². The van der Waals surface area contributed by atoms with Crippen LogP contribution in [0.5, 0.6) is 0 Å². The number of aliphatic hydroxyl groups excluding tert-OH is 1. The van der Waals surface area contributed by atoms with E-state index in [2.05, 4.69) is 87.2 Å². The fourth-order valence-electron chi connectivity index (χ4n) is 3.75. The second-order valence-corrected chi connectivity index (χ2v) is 8.95. The molecule has 0 aliphatic heterocycles. The van der Waals surface area contributed by atoms with Crippen molar-refractivity contribution in [1.82, 2.24) is 4.90 Å². The number of halogens is 1. The Morgan fingerprint density at radius 2 is 1.31 bits per heavy atom. The average molecular weight is 414 g/mol. The van der Waals surface area contributed by atoms with E-state index in [-0.39, 0.29) is 12.4 Å². The third-order valence-electron chi connectivity index (χ3n) is 5.63. The van der Waals surface area contributed by atoms with Gasteiger partial charge in [-0.15, -0.1) is 12.4 Å². The number of aliphatic hydroxyl groups is 1. The van der Waals surface area contributed by atoms with E-state index in [4.69, 9.17) is 0 Å². The third-order valence-corrected chi connectivity index (χ3v) is 5.63. The van der Waals surface area contributed by atoms with E-state index in [1.165, 1.54) is 34.4 Å². The average Bonchev–Trinajstić information content (AvgIpc) is 2.69. The molecule has 3 aromatic carbocycles. The van der Waals surface area contributed by atoms with Gasteiger partial charge in [-0.25, -0.2) is 0 Å². The molecule has 0 heterocycles. The van der Waals surface area contributed by atoms with Crippen LogP contribution in [0, 0.1) is 11.8 Å². The minimum atomic E-state index is -0.456. The molecule has 29 heavy (non-hydrogen) atoms. The monoisotopic (exact) mass is 413 g/mol. The Kier molecular flexibility index (Phi) is 8.95. The van der Waals surface area contributed by atoms with E-state index in [1.807, 2.05) is 0 Å². The normalized spacial score (nSPS) is 12.8. The van der Waals surface area contributed by atoms with Crippen molar-refractivity contribution in [2.75, 3.05) is 19.6 Å². The summed E-state index contributed by atoms with van der Waals surface area (Å²) in [6, 6.07) is 19.3. The van der Waals surface area contributed by atoms with Gasteiger partial charge in [0.15, 0.2) is 0 Å². The predicted octanol–water partition coefficient (Wildman–Crippen LogP) is 6.84. The Balaban J connectivity index is 0.00000300. The molecule has 158 valence electrons. The summed E-state index contributed by atoms with van der Waals surface area (Å²) >= 11 is 0. The molecule has 2 nitrogen and oxygen atoms in total. The van der Waals surface area contributed by atoms with Gasteiger partial charge in [0.05, 0.1) is 6.10 Å². The maximum atomic E-state index is 11.0. The molecule has 0 saturated heterocycles. The lowest BCUT2D eigenvalue weighted by Crippen LogP contribution is -2.32. The maximum absolute atomic E-state index is 11.0. The van der Waals surface area contributed by atoms with Gasteiger partial charge in [0.2, 0.25) is 0 Å². The molecule has 3 aromatic rings. The Hall–Kier alpha value is -1.61. The number of hydrogen-bond acceptors (Lipinski definition) is 2. The van der Waals surface area contributed by atoms with Gasteiger partial charge in [0.1, 0.15) is 0 Å². The molecule has 0 aromatic heterocycles. The molecular formula is C26H36ClNO. The van der Waals surface area contributed by atoms with Crippen molar-refractivity contribution in [3.8, 4) is 0 Å². The van der Waals surface area contributed by atoms with Gasteiger partial charge in [0.25, 0.3) is 0 Å². The van der Waals surface area contributed by atoms with E-state index in [0.29, 0.717) is 18.4 Å². The van der Waals surface area contributed by atoms with Gasteiger partial charge in [-0.2, -0.15) is 0 Å². The van der Waals surface area contributed by atoms with Crippen LogP contribution < -0.4 is 0 Å². The maximum Gasteiger partial charge on any atom is 0.0917 e. The zero-order valence-electron chi connectivity index (χ0n) is 18.3. The van der Waals surface area contributed by atoms with E-state index in [9.17, 15) is 5.11 Å². The fraction of sp³-hybridized carbons (Fsp3) is 0.462. The molecule has 1 unspecified atom stereocenters. The first kappa shape index (κ1) is 23.7. The lowest BCUT2D eigenvalue weighted by molar-refractivity contribution is 0.107. The third kappa shape index (κ3) is 6.44. The Labute approximate surface area is 182 Å². The Bertz CT molecular complexity index is 893. The first-order chi connectivity index (χ1) is 13.4. The highest BCUT2D eigenvalue weighted by atomic mass is 35.5. The molecule has 0 spiro atoms. The van der Waals surface area contributed by atoms with Crippen molar-refractivity contribution >= 4 is 34.0 Å². The SMILES string of the molecule is CC(C)CCN(CCC(C)C)CC(O)c1ccc2ccc3ccccc3c2c1.Cl. The van der Waals surface area contributed by atoms with Crippen LogP contribution >= 0.6 is 12.4 Å². The van der Waals surface area contributed by atoms with Crippen molar-refractivity contribution in [3.05, 3.63) is 60.2 Å². The zero-order chi connectivity index (χ0) is 20.1. The minimum absolute atomic E-state index is 0. The highest BCUT2D eigenvalue weighted by Gasteiger charge is 2.15. The van der Waals surface area contributed by atoms with Crippen LogP contribution in [0.2, 0.25) is 0 Å². The molecule has 0 aliphatic carbocycles. The molecule has 0 radical (unpaired) electrons. The predicted molar refractivity (Wildman–Crippen MR) is 129 cm³/mol. The first-order valence-corrected chi connectivity index (χ1v) is 10.8. The number of hydrogen-bond donors (Lipinski definition) is 1. The van der Waals surface area contributed by atoms with Gasteiger partial charge in [-0.3, -0.25) is 0 Å². The molecular weight excluding hydrogens is 378 g/mol. The number of nitrogens with zero attached hydrogens (tertiary/aromatic N) is 1. The summed E-state index contributed by atoms with van der Waals surface area (Å²) in [6.07, 6.45) is 1.89. The summed E-state index contributed by atoms with van der Waals surface area (Å²) in [4.78, 5) is 2.44. The molecule has 1 atom stereocenters. The zero-order valence-corrected chi connectivity index (χ0v) is 19.1. The van der Waals surface area contributed by atoms with Gasteiger partial charge in [-0.05, 0) is 70.9 Å². The number of rotatable bonds is 9. The van der Waals surface area contributed by atoms with Crippen LogP contribution in [-0.4, -0.2) is 29.6 Å². The molecule has 0 amide bonds. The number of benzene rings is 3. The summed E-state index contributed by atoms with van der Waals surface area (Å²) in [5.74, 6) is 1.37. The van der Waals surface area contributed by atoms with E-state index in [0.717, 1.165) is 18.7 Å².